The fourth-order valence-corrected chi connectivity index (χ4v) is 2.69. The lowest BCUT2D eigenvalue weighted by Gasteiger charge is -2.09. The number of nitrogens with zero attached hydrogens (tertiary/aromatic N) is 2. The molecule has 6 heteroatoms. The molecule has 19 heavy (non-hydrogen) atoms. The maximum absolute atomic E-state index is 13.1. The zero-order valence-corrected chi connectivity index (χ0v) is 11.4. The van der Waals surface area contributed by atoms with Gasteiger partial charge in [0.25, 0.3) is 0 Å². The summed E-state index contributed by atoms with van der Waals surface area (Å²) >= 11 is 1.61. The van der Waals surface area contributed by atoms with Crippen LogP contribution in [0.4, 0.5) is 10.3 Å². The van der Waals surface area contributed by atoms with Gasteiger partial charge >= 0.3 is 0 Å². The van der Waals surface area contributed by atoms with Gasteiger partial charge in [0.05, 0.1) is 17.1 Å². The summed E-state index contributed by atoms with van der Waals surface area (Å²) in [6.07, 6.45) is 0. The molecular weight excluding hydrogens is 263 g/mol. The molecule has 0 fully saturated rings. The Morgan fingerprint density at radius 3 is 2.95 bits per heavy atom. The first-order valence-electron chi connectivity index (χ1n) is 5.95. The van der Waals surface area contributed by atoms with E-state index in [0.717, 1.165) is 16.2 Å². The van der Waals surface area contributed by atoms with Gasteiger partial charge in [0, 0.05) is 11.1 Å². The second kappa shape index (κ2) is 4.62. The molecule has 0 saturated carbocycles. The molecule has 1 unspecified atom stereocenters. The Labute approximate surface area is 113 Å². The third-order valence-electron chi connectivity index (χ3n) is 2.80. The monoisotopic (exact) mass is 276 g/mol. The van der Waals surface area contributed by atoms with Crippen LogP contribution >= 0.6 is 11.3 Å². The number of fused-ring (bicyclic) bond motifs is 1. The first-order valence-corrected chi connectivity index (χ1v) is 6.83. The number of thiazole rings is 1. The third kappa shape index (κ3) is 2.44. The van der Waals surface area contributed by atoms with Crippen LogP contribution in [0.1, 0.15) is 23.7 Å². The van der Waals surface area contributed by atoms with Crippen molar-refractivity contribution in [2.75, 3.05) is 5.32 Å². The highest BCUT2D eigenvalue weighted by Crippen LogP contribution is 2.22. The van der Waals surface area contributed by atoms with E-state index < -0.39 is 0 Å². The number of rotatable bonds is 3. The number of hydrogen-bond donors (Lipinski definition) is 2. The Balaban J connectivity index is 1.85. The fraction of sp³-hybridized carbons (Fsp3) is 0.231. The molecule has 4 nitrogen and oxygen atoms in total. The number of benzene rings is 1. The van der Waals surface area contributed by atoms with Gasteiger partial charge in [0.1, 0.15) is 10.8 Å². The van der Waals surface area contributed by atoms with Crippen molar-refractivity contribution >= 4 is 28.3 Å². The van der Waals surface area contributed by atoms with E-state index in [4.69, 9.17) is 0 Å². The number of anilines is 1. The van der Waals surface area contributed by atoms with Crippen molar-refractivity contribution in [3.8, 4) is 0 Å². The van der Waals surface area contributed by atoms with Crippen LogP contribution in [0.25, 0.3) is 11.0 Å². The van der Waals surface area contributed by atoms with Crippen LogP contribution < -0.4 is 5.32 Å². The number of imidazole rings is 1. The van der Waals surface area contributed by atoms with E-state index in [9.17, 15) is 4.39 Å². The Kier molecular flexibility index (Phi) is 2.94. The number of halogens is 1. The SMILES string of the molecule is Cc1csc(C(C)Nc2nc3ccc(F)cc3[nH]2)n1. The van der Waals surface area contributed by atoms with Gasteiger partial charge in [-0.15, -0.1) is 11.3 Å². The Morgan fingerprint density at radius 2 is 2.21 bits per heavy atom. The normalized spacial score (nSPS) is 12.8. The number of H-pyrrole nitrogens is 1. The molecular formula is C13H13FN4S. The summed E-state index contributed by atoms with van der Waals surface area (Å²) in [6.45, 7) is 3.99. The summed E-state index contributed by atoms with van der Waals surface area (Å²) in [7, 11) is 0. The maximum atomic E-state index is 13.1. The summed E-state index contributed by atoms with van der Waals surface area (Å²) in [5.74, 6) is 0.354. The molecule has 0 aliphatic carbocycles. The summed E-state index contributed by atoms with van der Waals surface area (Å²) in [6, 6.07) is 4.56. The molecule has 0 amide bonds. The number of aryl methyl sites for hydroxylation is 1. The minimum absolute atomic E-state index is 0.0594. The van der Waals surface area contributed by atoms with Crippen molar-refractivity contribution in [1.82, 2.24) is 15.0 Å². The van der Waals surface area contributed by atoms with Crippen LogP contribution in [0.3, 0.4) is 0 Å². The van der Waals surface area contributed by atoms with E-state index in [0.29, 0.717) is 11.5 Å². The van der Waals surface area contributed by atoms with Gasteiger partial charge in [-0.05, 0) is 32.0 Å². The highest BCUT2D eigenvalue weighted by molar-refractivity contribution is 7.09. The van der Waals surface area contributed by atoms with Crippen LogP contribution in [0.15, 0.2) is 23.6 Å². The molecule has 0 aliphatic rings. The van der Waals surface area contributed by atoms with Crippen molar-refractivity contribution in [2.45, 2.75) is 19.9 Å². The van der Waals surface area contributed by atoms with Gasteiger partial charge < -0.3 is 10.3 Å². The molecule has 0 radical (unpaired) electrons. The zero-order chi connectivity index (χ0) is 13.4. The number of aromatic nitrogens is 3. The minimum atomic E-state index is -0.272. The first-order chi connectivity index (χ1) is 9.11. The van der Waals surface area contributed by atoms with E-state index in [2.05, 4.69) is 20.3 Å². The molecule has 1 aromatic carbocycles. The lowest BCUT2D eigenvalue weighted by atomic mass is 10.3. The second-order valence-corrected chi connectivity index (χ2v) is 5.33. The highest BCUT2D eigenvalue weighted by Gasteiger charge is 2.11. The Hall–Kier alpha value is -1.95. The second-order valence-electron chi connectivity index (χ2n) is 4.44. The maximum Gasteiger partial charge on any atom is 0.201 e. The van der Waals surface area contributed by atoms with Gasteiger partial charge in [0.2, 0.25) is 5.95 Å². The van der Waals surface area contributed by atoms with Gasteiger partial charge in [-0.2, -0.15) is 0 Å². The first kappa shape index (κ1) is 12.1. The van der Waals surface area contributed by atoms with Crippen LogP contribution in [-0.2, 0) is 0 Å². The molecule has 98 valence electrons. The number of hydrogen-bond acceptors (Lipinski definition) is 4. The van der Waals surface area contributed by atoms with E-state index in [1.807, 2.05) is 19.2 Å². The quantitative estimate of drug-likeness (QED) is 0.768. The van der Waals surface area contributed by atoms with Crippen LogP contribution in [0.5, 0.6) is 0 Å². The molecule has 1 atom stereocenters. The summed E-state index contributed by atoms with van der Waals surface area (Å²) in [4.78, 5) is 11.9. The molecule has 0 aliphatic heterocycles. The number of nitrogens with one attached hydrogen (secondary N) is 2. The molecule has 2 heterocycles. The van der Waals surface area contributed by atoms with Gasteiger partial charge in [0.15, 0.2) is 0 Å². The number of aromatic amines is 1. The van der Waals surface area contributed by atoms with E-state index >= 15 is 0 Å². The Morgan fingerprint density at radius 1 is 1.37 bits per heavy atom. The molecule has 3 aromatic rings. The lowest BCUT2D eigenvalue weighted by Crippen LogP contribution is -2.07. The van der Waals surface area contributed by atoms with Crippen molar-refractivity contribution < 1.29 is 4.39 Å². The molecule has 2 aromatic heterocycles. The fourth-order valence-electron chi connectivity index (χ4n) is 1.89. The van der Waals surface area contributed by atoms with E-state index in [1.165, 1.54) is 12.1 Å². The Bertz CT molecular complexity index is 718. The van der Waals surface area contributed by atoms with Crippen LogP contribution in [-0.4, -0.2) is 15.0 Å². The van der Waals surface area contributed by atoms with Crippen LogP contribution in [0, 0.1) is 12.7 Å². The standard InChI is InChI=1S/C13H13FN4S/c1-7-6-19-12(15-7)8(2)16-13-17-10-4-3-9(14)5-11(10)18-13/h3-6,8H,1-2H3,(H2,16,17,18). The van der Waals surface area contributed by atoms with Crippen LogP contribution in [0.2, 0.25) is 0 Å². The van der Waals surface area contributed by atoms with Crippen molar-refractivity contribution in [1.29, 1.82) is 0 Å². The largest absolute Gasteiger partial charge is 0.347 e. The topological polar surface area (TPSA) is 53.6 Å². The minimum Gasteiger partial charge on any atom is -0.347 e. The molecule has 0 bridgehead atoms. The molecule has 3 rings (SSSR count). The third-order valence-corrected chi connectivity index (χ3v) is 3.95. The summed E-state index contributed by atoms with van der Waals surface area (Å²) in [5.41, 5.74) is 2.44. The highest BCUT2D eigenvalue weighted by atomic mass is 32.1. The predicted molar refractivity (Wildman–Crippen MR) is 74.9 cm³/mol. The summed E-state index contributed by atoms with van der Waals surface area (Å²) in [5, 5.41) is 6.26. The molecule has 0 spiro atoms. The smallest absolute Gasteiger partial charge is 0.201 e. The molecule has 0 saturated heterocycles. The van der Waals surface area contributed by atoms with Crippen molar-refractivity contribution in [3.63, 3.8) is 0 Å². The average molecular weight is 276 g/mol. The van der Waals surface area contributed by atoms with Crippen molar-refractivity contribution in [3.05, 3.63) is 40.1 Å². The van der Waals surface area contributed by atoms with Gasteiger partial charge in [-0.25, -0.2) is 14.4 Å². The lowest BCUT2D eigenvalue weighted by molar-refractivity contribution is 0.629. The van der Waals surface area contributed by atoms with Crippen molar-refractivity contribution in [2.24, 2.45) is 0 Å². The zero-order valence-electron chi connectivity index (χ0n) is 10.6. The molecule has 2 N–H and O–H groups in total. The van der Waals surface area contributed by atoms with E-state index in [-0.39, 0.29) is 11.9 Å². The van der Waals surface area contributed by atoms with Gasteiger partial charge in [-0.3, -0.25) is 0 Å². The predicted octanol–water partition coefficient (Wildman–Crippen LogP) is 3.64. The van der Waals surface area contributed by atoms with E-state index in [1.54, 1.807) is 17.4 Å². The van der Waals surface area contributed by atoms with Gasteiger partial charge in [-0.1, -0.05) is 0 Å². The summed E-state index contributed by atoms with van der Waals surface area (Å²) < 4.78 is 13.1. The average Bonchev–Trinajstić information content (AvgIpc) is 2.94.